The van der Waals surface area contributed by atoms with E-state index in [1.165, 1.54) is 23.7 Å². The first-order valence-electron chi connectivity index (χ1n) is 4.29. The van der Waals surface area contributed by atoms with Crippen molar-refractivity contribution in [3.63, 3.8) is 0 Å². The fourth-order valence-electron chi connectivity index (χ4n) is 1.07. The summed E-state index contributed by atoms with van der Waals surface area (Å²) >= 11 is 4.59. The molecule has 7 heteroatoms. The standard InChI is InChI=1S/C9H7BrN4OS/c10-7-4-13-9(16-7)14-8(15)5-3-12-2-1-6(5)11/h1-4H,(H2,11,12)(H,13,14,15). The Morgan fingerprint density at radius 1 is 1.50 bits per heavy atom. The van der Waals surface area contributed by atoms with Gasteiger partial charge in [-0.3, -0.25) is 15.1 Å². The van der Waals surface area contributed by atoms with Crippen LogP contribution in [0.3, 0.4) is 0 Å². The molecule has 0 aromatic carbocycles. The van der Waals surface area contributed by atoms with Crippen molar-refractivity contribution in [2.45, 2.75) is 0 Å². The third kappa shape index (κ3) is 2.37. The molecule has 2 heterocycles. The van der Waals surface area contributed by atoms with Crippen molar-refractivity contribution >= 4 is 44.0 Å². The van der Waals surface area contributed by atoms with E-state index in [0.29, 0.717) is 16.4 Å². The van der Waals surface area contributed by atoms with Crippen LogP contribution in [0, 0.1) is 0 Å². The molecule has 1 amide bonds. The summed E-state index contributed by atoms with van der Waals surface area (Å²) in [6.45, 7) is 0. The number of carbonyl (C=O) groups excluding carboxylic acids is 1. The monoisotopic (exact) mass is 298 g/mol. The number of nitrogens with zero attached hydrogens (tertiary/aromatic N) is 2. The van der Waals surface area contributed by atoms with Crippen molar-refractivity contribution < 1.29 is 4.79 Å². The predicted molar refractivity (Wildman–Crippen MR) is 66.4 cm³/mol. The van der Waals surface area contributed by atoms with Gasteiger partial charge in [-0.25, -0.2) is 4.98 Å². The Balaban J connectivity index is 2.18. The lowest BCUT2D eigenvalue weighted by molar-refractivity contribution is 0.102. The molecular formula is C9H7BrN4OS. The van der Waals surface area contributed by atoms with Crippen LogP contribution in [0.4, 0.5) is 10.8 Å². The number of pyridine rings is 1. The molecule has 0 unspecified atom stereocenters. The third-order valence-corrected chi connectivity index (χ3v) is 3.19. The summed E-state index contributed by atoms with van der Waals surface area (Å²) in [5, 5.41) is 3.15. The predicted octanol–water partition coefficient (Wildman–Crippen LogP) is 2.14. The van der Waals surface area contributed by atoms with E-state index in [1.54, 1.807) is 12.3 Å². The van der Waals surface area contributed by atoms with Crippen LogP contribution in [0.15, 0.2) is 28.4 Å². The zero-order valence-corrected chi connectivity index (χ0v) is 10.4. The van der Waals surface area contributed by atoms with Crippen molar-refractivity contribution in [3.05, 3.63) is 34.0 Å². The highest BCUT2D eigenvalue weighted by molar-refractivity contribution is 9.11. The van der Waals surface area contributed by atoms with E-state index < -0.39 is 0 Å². The fraction of sp³-hybridized carbons (Fsp3) is 0. The number of nitrogens with one attached hydrogen (secondary N) is 1. The number of anilines is 2. The van der Waals surface area contributed by atoms with Gasteiger partial charge in [0, 0.05) is 18.1 Å². The van der Waals surface area contributed by atoms with Gasteiger partial charge in [0.25, 0.3) is 5.91 Å². The topological polar surface area (TPSA) is 80.9 Å². The fourth-order valence-corrected chi connectivity index (χ4v) is 2.17. The number of thiazole rings is 1. The molecule has 0 saturated carbocycles. The Labute approximate surface area is 104 Å². The summed E-state index contributed by atoms with van der Waals surface area (Å²) in [5.41, 5.74) is 6.39. The number of halogens is 1. The summed E-state index contributed by atoms with van der Waals surface area (Å²) in [4.78, 5) is 19.6. The largest absolute Gasteiger partial charge is 0.398 e. The van der Waals surface area contributed by atoms with Gasteiger partial charge in [0.2, 0.25) is 0 Å². The van der Waals surface area contributed by atoms with Crippen LogP contribution in [0.1, 0.15) is 10.4 Å². The smallest absolute Gasteiger partial charge is 0.261 e. The minimum atomic E-state index is -0.313. The molecule has 0 saturated heterocycles. The van der Waals surface area contributed by atoms with Crippen molar-refractivity contribution in [1.29, 1.82) is 0 Å². The van der Waals surface area contributed by atoms with Crippen molar-refractivity contribution in [2.75, 3.05) is 11.1 Å². The first kappa shape index (κ1) is 11.0. The maximum Gasteiger partial charge on any atom is 0.261 e. The highest BCUT2D eigenvalue weighted by atomic mass is 79.9. The quantitative estimate of drug-likeness (QED) is 0.890. The molecule has 0 aliphatic carbocycles. The number of rotatable bonds is 2. The van der Waals surface area contributed by atoms with E-state index >= 15 is 0 Å². The van der Waals surface area contributed by atoms with Crippen LogP contribution in [-0.4, -0.2) is 15.9 Å². The van der Waals surface area contributed by atoms with Crippen molar-refractivity contribution in [2.24, 2.45) is 0 Å². The minimum absolute atomic E-state index is 0.313. The number of aromatic nitrogens is 2. The Kier molecular flexibility index (Phi) is 3.16. The van der Waals surface area contributed by atoms with Gasteiger partial charge >= 0.3 is 0 Å². The van der Waals surface area contributed by atoms with Gasteiger partial charge in [0.05, 0.1) is 15.5 Å². The van der Waals surface area contributed by atoms with Gasteiger partial charge in [-0.2, -0.15) is 0 Å². The zero-order valence-electron chi connectivity index (χ0n) is 7.98. The molecule has 2 aromatic heterocycles. The van der Waals surface area contributed by atoms with Crippen LogP contribution < -0.4 is 11.1 Å². The Morgan fingerprint density at radius 2 is 2.31 bits per heavy atom. The van der Waals surface area contributed by atoms with Crippen molar-refractivity contribution in [1.82, 2.24) is 9.97 Å². The molecule has 16 heavy (non-hydrogen) atoms. The molecule has 3 N–H and O–H groups in total. The summed E-state index contributed by atoms with van der Waals surface area (Å²) < 4.78 is 0.849. The normalized spacial score (nSPS) is 10.1. The lowest BCUT2D eigenvalue weighted by Gasteiger charge is -2.03. The van der Waals surface area contributed by atoms with Crippen LogP contribution in [0.5, 0.6) is 0 Å². The first-order valence-corrected chi connectivity index (χ1v) is 5.90. The Morgan fingerprint density at radius 3 is 2.94 bits per heavy atom. The number of hydrogen-bond acceptors (Lipinski definition) is 5. The summed E-state index contributed by atoms with van der Waals surface area (Å²) in [6, 6.07) is 1.58. The van der Waals surface area contributed by atoms with E-state index in [0.717, 1.165) is 3.79 Å². The molecule has 0 spiro atoms. The second-order valence-electron chi connectivity index (χ2n) is 2.89. The van der Waals surface area contributed by atoms with Gasteiger partial charge in [-0.1, -0.05) is 11.3 Å². The molecule has 0 aliphatic heterocycles. The average molecular weight is 299 g/mol. The highest BCUT2D eigenvalue weighted by Crippen LogP contribution is 2.23. The highest BCUT2D eigenvalue weighted by Gasteiger charge is 2.11. The number of carbonyl (C=O) groups is 1. The molecule has 0 aliphatic rings. The van der Waals surface area contributed by atoms with Crippen LogP contribution >= 0.6 is 27.3 Å². The Hall–Kier alpha value is -1.47. The van der Waals surface area contributed by atoms with Gasteiger partial charge in [-0.15, -0.1) is 0 Å². The second-order valence-corrected chi connectivity index (χ2v) is 5.30. The Bertz CT molecular complexity index is 528. The van der Waals surface area contributed by atoms with E-state index in [4.69, 9.17) is 5.73 Å². The van der Waals surface area contributed by atoms with Crippen LogP contribution in [0.25, 0.3) is 0 Å². The number of hydrogen-bond donors (Lipinski definition) is 2. The number of amides is 1. The molecule has 5 nitrogen and oxygen atoms in total. The van der Waals surface area contributed by atoms with Gasteiger partial charge in [-0.05, 0) is 22.0 Å². The molecule has 2 aromatic rings. The molecule has 0 radical (unpaired) electrons. The SMILES string of the molecule is Nc1ccncc1C(=O)Nc1ncc(Br)s1. The lowest BCUT2D eigenvalue weighted by Crippen LogP contribution is -2.14. The molecular weight excluding hydrogens is 292 g/mol. The average Bonchev–Trinajstić information content (AvgIpc) is 2.64. The second kappa shape index (κ2) is 4.58. The van der Waals surface area contributed by atoms with Crippen LogP contribution in [-0.2, 0) is 0 Å². The van der Waals surface area contributed by atoms with E-state index in [-0.39, 0.29) is 5.91 Å². The molecule has 0 fully saturated rings. The summed E-state index contributed by atoms with van der Waals surface area (Å²) in [5.74, 6) is -0.313. The molecule has 2 rings (SSSR count). The van der Waals surface area contributed by atoms with E-state index in [1.807, 2.05) is 0 Å². The summed E-state index contributed by atoms with van der Waals surface area (Å²) in [7, 11) is 0. The molecule has 0 atom stereocenters. The van der Waals surface area contributed by atoms with Gasteiger partial charge < -0.3 is 5.73 Å². The number of nitrogen functional groups attached to an aromatic ring is 1. The van der Waals surface area contributed by atoms with E-state index in [2.05, 4.69) is 31.2 Å². The third-order valence-electron chi connectivity index (χ3n) is 1.80. The first-order chi connectivity index (χ1) is 7.66. The number of nitrogens with two attached hydrogens (primary N) is 1. The zero-order chi connectivity index (χ0) is 11.5. The minimum Gasteiger partial charge on any atom is -0.398 e. The maximum atomic E-state index is 11.8. The molecule has 82 valence electrons. The summed E-state index contributed by atoms with van der Waals surface area (Å²) in [6.07, 6.45) is 4.58. The lowest BCUT2D eigenvalue weighted by atomic mass is 10.2. The van der Waals surface area contributed by atoms with Crippen LogP contribution in [0.2, 0.25) is 0 Å². The van der Waals surface area contributed by atoms with Gasteiger partial charge in [0.1, 0.15) is 0 Å². The maximum absolute atomic E-state index is 11.8. The van der Waals surface area contributed by atoms with E-state index in [9.17, 15) is 4.79 Å². The van der Waals surface area contributed by atoms with Crippen molar-refractivity contribution in [3.8, 4) is 0 Å². The molecule has 0 bridgehead atoms. The van der Waals surface area contributed by atoms with Gasteiger partial charge in [0.15, 0.2) is 5.13 Å².